The van der Waals surface area contributed by atoms with Gasteiger partial charge in [0.2, 0.25) is 0 Å². The largest absolute Gasteiger partial charge is 0.385 e. The predicted molar refractivity (Wildman–Crippen MR) is 112 cm³/mol. The van der Waals surface area contributed by atoms with Gasteiger partial charge in [-0.1, -0.05) is 77.7 Å². The van der Waals surface area contributed by atoms with Crippen molar-refractivity contribution in [2.45, 2.75) is 97.8 Å². The SMILES string of the molecule is CCCCCC1CCC(CCc2ccc(NCCCC)cc2C)CC1. The molecule has 0 bridgehead atoms. The Morgan fingerprint density at radius 2 is 1.56 bits per heavy atom. The van der Waals surface area contributed by atoms with Crippen molar-refractivity contribution in [3.63, 3.8) is 0 Å². The second-order valence-electron chi connectivity index (χ2n) is 8.34. The summed E-state index contributed by atoms with van der Waals surface area (Å²) in [7, 11) is 0. The molecule has 0 aliphatic heterocycles. The molecule has 0 aromatic heterocycles. The maximum atomic E-state index is 3.54. The maximum Gasteiger partial charge on any atom is 0.0343 e. The second-order valence-corrected chi connectivity index (χ2v) is 8.34. The minimum Gasteiger partial charge on any atom is -0.385 e. The van der Waals surface area contributed by atoms with Crippen LogP contribution in [0.3, 0.4) is 0 Å². The van der Waals surface area contributed by atoms with E-state index in [2.05, 4.69) is 44.3 Å². The Bertz CT molecular complexity index is 471. The molecule has 0 spiro atoms. The van der Waals surface area contributed by atoms with Crippen LogP contribution in [0.4, 0.5) is 5.69 Å². The highest BCUT2D eigenvalue weighted by Gasteiger charge is 2.20. The van der Waals surface area contributed by atoms with Crippen molar-refractivity contribution in [2.24, 2.45) is 11.8 Å². The lowest BCUT2D eigenvalue weighted by molar-refractivity contribution is 0.249. The summed E-state index contributed by atoms with van der Waals surface area (Å²) >= 11 is 0. The van der Waals surface area contributed by atoms with Gasteiger partial charge < -0.3 is 5.32 Å². The van der Waals surface area contributed by atoms with E-state index in [1.165, 1.54) is 88.3 Å². The molecule has 1 saturated carbocycles. The Hall–Kier alpha value is -0.980. The van der Waals surface area contributed by atoms with Gasteiger partial charge in [0, 0.05) is 12.2 Å². The summed E-state index contributed by atoms with van der Waals surface area (Å²) in [5.74, 6) is 2.02. The van der Waals surface area contributed by atoms with E-state index in [1.807, 2.05) is 0 Å². The summed E-state index contributed by atoms with van der Waals surface area (Å²) in [6, 6.07) is 6.98. The Morgan fingerprint density at radius 1 is 0.880 bits per heavy atom. The first kappa shape index (κ1) is 20.3. The van der Waals surface area contributed by atoms with Crippen LogP contribution in [0.1, 0.15) is 95.6 Å². The molecule has 1 aromatic carbocycles. The standard InChI is InChI=1S/C24H41N/c1-4-6-8-9-21-10-12-22(13-11-21)14-15-23-16-17-24(19-20(23)3)25-18-7-5-2/h16-17,19,21-22,25H,4-15,18H2,1-3H3. The predicted octanol–water partition coefficient (Wildman–Crippen LogP) is 7.53. The third-order valence-electron chi connectivity index (χ3n) is 6.21. The van der Waals surface area contributed by atoms with Crippen LogP contribution in [0.5, 0.6) is 0 Å². The molecule has 0 radical (unpaired) electrons. The maximum absolute atomic E-state index is 3.54. The first-order chi connectivity index (χ1) is 12.2. The van der Waals surface area contributed by atoms with Crippen molar-refractivity contribution >= 4 is 5.69 Å². The number of unbranched alkanes of at least 4 members (excludes halogenated alkanes) is 3. The molecule has 1 N–H and O–H groups in total. The summed E-state index contributed by atoms with van der Waals surface area (Å²) in [5.41, 5.74) is 4.32. The minimum atomic E-state index is 0.976. The second kappa shape index (κ2) is 11.6. The average Bonchev–Trinajstić information content (AvgIpc) is 2.62. The van der Waals surface area contributed by atoms with Crippen LogP contribution >= 0.6 is 0 Å². The van der Waals surface area contributed by atoms with Crippen LogP contribution in [0.15, 0.2) is 18.2 Å². The Labute approximate surface area is 157 Å². The minimum absolute atomic E-state index is 0.976. The lowest BCUT2D eigenvalue weighted by Gasteiger charge is -2.28. The average molecular weight is 344 g/mol. The highest BCUT2D eigenvalue weighted by Crippen LogP contribution is 2.34. The molecule has 1 aromatic rings. The number of anilines is 1. The van der Waals surface area contributed by atoms with Crippen LogP contribution in [0.25, 0.3) is 0 Å². The quantitative estimate of drug-likeness (QED) is 0.409. The van der Waals surface area contributed by atoms with Crippen LogP contribution in [0, 0.1) is 18.8 Å². The summed E-state index contributed by atoms with van der Waals surface area (Å²) in [5, 5.41) is 3.54. The molecule has 1 aliphatic carbocycles. The molecule has 1 heteroatoms. The Balaban J connectivity index is 1.69. The van der Waals surface area contributed by atoms with E-state index in [-0.39, 0.29) is 0 Å². The zero-order chi connectivity index (χ0) is 17.9. The molecule has 1 nitrogen and oxygen atoms in total. The summed E-state index contributed by atoms with van der Waals surface area (Å²) in [6.07, 6.45) is 16.9. The first-order valence-electron chi connectivity index (χ1n) is 11.1. The van der Waals surface area contributed by atoms with Gasteiger partial charge in [0.15, 0.2) is 0 Å². The van der Waals surface area contributed by atoms with E-state index in [1.54, 1.807) is 5.56 Å². The van der Waals surface area contributed by atoms with E-state index in [9.17, 15) is 0 Å². The van der Waals surface area contributed by atoms with Crippen LogP contribution in [-0.4, -0.2) is 6.54 Å². The van der Waals surface area contributed by atoms with Gasteiger partial charge in [0.25, 0.3) is 0 Å². The number of hydrogen-bond donors (Lipinski definition) is 1. The van der Waals surface area contributed by atoms with Gasteiger partial charge in [-0.15, -0.1) is 0 Å². The van der Waals surface area contributed by atoms with Gasteiger partial charge in [-0.2, -0.15) is 0 Å². The third kappa shape index (κ3) is 7.42. The van der Waals surface area contributed by atoms with Gasteiger partial charge in [-0.25, -0.2) is 0 Å². The van der Waals surface area contributed by atoms with Crippen LogP contribution in [-0.2, 0) is 6.42 Å². The van der Waals surface area contributed by atoms with Crippen molar-refractivity contribution in [3.05, 3.63) is 29.3 Å². The molecule has 142 valence electrons. The molecule has 0 amide bonds. The van der Waals surface area contributed by atoms with Gasteiger partial charge in [-0.05, 0) is 61.3 Å². The molecule has 0 atom stereocenters. The van der Waals surface area contributed by atoms with Gasteiger partial charge in [-0.3, -0.25) is 0 Å². The van der Waals surface area contributed by atoms with Crippen LogP contribution < -0.4 is 5.32 Å². The molecule has 1 aliphatic rings. The normalized spacial score (nSPS) is 20.6. The molecule has 0 unspecified atom stereocenters. The van der Waals surface area contributed by atoms with Crippen molar-refractivity contribution in [1.29, 1.82) is 0 Å². The molecule has 0 saturated heterocycles. The molecule has 0 heterocycles. The Kier molecular flexibility index (Phi) is 9.43. The number of rotatable bonds is 11. The smallest absolute Gasteiger partial charge is 0.0343 e. The van der Waals surface area contributed by atoms with Crippen molar-refractivity contribution in [2.75, 3.05) is 11.9 Å². The number of benzene rings is 1. The van der Waals surface area contributed by atoms with E-state index in [0.717, 1.165) is 18.4 Å². The van der Waals surface area contributed by atoms with Gasteiger partial charge in [0.05, 0.1) is 0 Å². The topological polar surface area (TPSA) is 12.0 Å². The lowest BCUT2D eigenvalue weighted by Crippen LogP contribution is -2.15. The van der Waals surface area contributed by atoms with Crippen molar-refractivity contribution in [1.82, 2.24) is 0 Å². The fourth-order valence-electron chi connectivity index (χ4n) is 4.35. The van der Waals surface area contributed by atoms with Gasteiger partial charge in [0.1, 0.15) is 0 Å². The fourth-order valence-corrected chi connectivity index (χ4v) is 4.35. The summed E-state index contributed by atoms with van der Waals surface area (Å²) in [4.78, 5) is 0. The highest BCUT2D eigenvalue weighted by atomic mass is 14.9. The lowest BCUT2D eigenvalue weighted by atomic mass is 9.77. The molecule has 2 rings (SSSR count). The Morgan fingerprint density at radius 3 is 2.20 bits per heavy atom. The summed E-state index contributed by atoms with van der Waals surface area (Å²) < 4.78 is 0. The third-order valence-corrected chi connectivity index (χ3v) is 6.21. The van der Waals surface area contributed by atoms with Crippen molar-refractivity contribution in [3.8, 4) is 0 Å². The molecule has 1 fully saturated rings. The summed E-state index contributed by atoms with van der Waals surface area (Å²) in [6.45, 7) is 7.93. The van der Waals surface area contributed by atoms with E-state index in [4.69, 9.17) is 0 Å². The van der Waals surface area contributed by atoms with E-state index < -0.39 is 0 Å². The fraction of sp³-hybridized carbons (Fsp3) is 0.750. The number of hydrogen-bond acceptors (Lipinski definition) is 1. The molecule has 25 heavy (non-hydrogen) atoms. The van der Waals surface area contributed by atoms with Crippen molar-refractivity contribution < 1.29 is 0 Å². The van der Waals surface area contributed by atoms with Crippen LogP contribution in [0.2, 0.25) is 0 Å². The van der Waals surface area contributed by atoms with Gasteiger partial charge >= 0.3 is 0 Å². The number of aryl methyl sites for hydroxylation is 2. The van der Waals surface area contributed by atoms with E-state index >= 15 is 0 Å². The monoisotopic (exact) mass is 343 g/mol. The zero-order valence-corrected chi connectivity index (χ0v) is 17.1. The molecular formula is C24H41N. The highest BCUT2D eigenvalue weighted by molar-refractivity contribution is 5.48. The van der Waals surface area contributed by atoms with E-state index in [0.29, 0.717) is 0 Å². The number of nitrogens with one attached hydrogen (secondary N) is 1. The zero-order valence-electron chi connectivity index (χ0n) is 17.1. The molecular weight excluding hydrogens is 302 g/mol. The first-order valence-corrected chi connectivity index (χ1v) is 11.1.